The van der Waals surface area contributed by atoms with E-state index in [0.717, 1.165) is 11.1 Å². The zero-order chi connectivity index (χ0) is 16.6. The maximum absolute atomic E-state index is 10.7. The van der Waals surface area contributed by atoms with Crippen LogP contribution in [0.1, 0.15) is 62.5 Å². The molecule has 2 aliphatic rings. The van der Waals surface area contributed by atoms with Crippen molar-refractivity contribution in [2.24, 2.45) is 11.8 Å². The molecular formula is C17H23Na2O5P. The van der Waals surface area contributed by atoms with E-state index < -0.39 is 14.6 Å². The number of rotatable bonds is 8. The van der Waals surface area contributed by atoms with Crippen molar-refractivity contribution in [2.75, 3.05) is 6.79 Å². The average molecular weight is 384 g/mol. The van der Waals surface area contributed by atoms with Crippen molar-refractivity contribution >= 4 is 7.82 Å². The summed E-state index contributed by atoms with van der Waals surface area (Å²) in [6.07, 6.45) is 4.87. The zero-order valence-corrected chi connectivity index (χ0v) is 20.5. The molecule has 25 heavy (non-hydrogen) atoms. The number of phosphoric ester groups is 1. The average Bonchev–Trinajstić information content (AvgIpc) is 3.38. The summed E-state index contributed by atoms with van der Waals surface area (Å²) in [6.45, 7) is 3.81. The van der Waals surface area contributed by atoms with E-state index in [4.69, 9.17) is 4.74 Å². The van der Waals surface area contributed by atoms with Crippen LogP contribution in [0.4, 0.5) is 0 Å². The number of hydrogen-bond donors (Lipinski definition) is 0. The molecule has 0 aliphatic heterocycles. The summed E-state index contributed by atoms with van der Waals surface area (Å²) < 4.78 is 20.6. The van der Waals surface area contributed by atoms with E-state index in [1.54, 1.807) is 0 Å². The number of benzene rings is 1. The molecule has 2 fully saturated rings. The third kappa shape index (κ3) is 6.90. The molecule has 5 nitrogen and oxygen atoms in total. The molecule has 2 atom stereocenters. The van der Waals surface area contributed by atoms with Crippen LogP contribution >= 0.6 is 7.82 Å². The molecule has 0 bridgehead atoms. The Hall–Kier alpha value is 1.13. The van der Waals surface area contributed by atoms with Gasteiger partial charge in [0, 0.05) is 0 Å². The van der Waals surface area contributed by atoms with Gasteiger partial charge >= 0.3 is 59.1 Å². The van der Waals surface area contributed by atoms with E-state index >= 15 is 0 Å². The molecule has 1 aromatic rings. The van der Waals surface area contributed by atoms with Crippen LogP contribution in [-0.2, 0) is 9.09 Å². The van der Waals surface area contributed by atoms with Gasteiger partial charge in [-0.15, -0.1) is 0 Å². The van der Waals surface area contributed by atoms with Crippen LogP contribution < -0.4 is 73.6 Å². The molecule has 8 heteroatoms. The first kappa shape index (κ1) is 24.2. The van der Waals surface area contributed by atoms with Crippen LogP contribution in [-0.4, -0.2) is 6.79 Å². The summed E-state index contributed by atoms with van der Waals surface area (Å²) >= 11 is 0. The fraction of sp³-hybridized carbons (Fsp3) is 0.647. The SMILES string of the molecule is C[C@@H](c1cccc([C@H](C)C2CC2)c1OCOP(=O)([O-])[O-])C1CC1.[Na+].[Na+]. The third-order valence-electron chi connectivity index (χ3n) is 5.13. The quantitative estimate of drug-likeness (QED) is 0.270. The van der Waals surface area contributed by atoms with Gasteiger partial charge in [0.15, 0.2) is 6.79 Å². The minimum absolute atomic E-state index is 0. The van der Waals surface area contributed by atoms with Crippen molar-refractivity contribution in [3.05, 3.63) is 29.3 Å². The minimum Gasteiger partial charge on any atom is -0.790 e. The molecule has 0 spiro atoms. The van der Waals surface area contributed by atoms with E-state index in [-0.39, 0.29) is 59.1 Å². The van der Waals surface area contributed by atoms with Gasteiger partial charge in [0.2, 0.25) is 0 Å². The monoisotopic (exact) mass is 384 g/mol. The molecule has 0 unspecified atom stereocenters. The van der Waals surface area contributed by atoms with Crippen LogP contribution in [0.15, 0.2) is 18.2 Å². The molecule has 0 aromatic heterocycles. The molecule has 1 aromatic carbocycles. The normalized spacial score (nSPS) is 19.4. The number of ether oxygens (including phenoxy) is 1. The van der Waals surface area contributed by atoms with Crippen molar-refractivity contribution < 1.29 is 82.7 Å². The van der Waals surface area contributed by atoms with E-state index in [9.17, 15) is 14.4 Å². The molecule has 2 aliphatic carbocycles. The summed E-state index contributed by atoms with van der Waals surface area (Å²) in [5.74, 6) is 2.76. The molecule has 0 radical (unpaired) electrons. The van der Waals surface area contributed by atoms with Crippen LogP contribution in [0.25, 0.3) is 0 Å². The second-order valence-corrected chi connectivity index (χ2v) is 8.01. The Balaban J connectivity index is 0.00000156. The fourth-order valence-corrected chi connectivity index (χ4v) is 3.49. The van der Waals surface area contributed by atoms with Gasteiger partial charge in [-0.1, -0.05) is 32.0 Å². The Morgan fingerprint density at radius 3 is 1.84 bits per heavy atom. The first-order chi connectivity index (χ1) is 10.9. The molecule has 0 N–H and O–H groups in total. The second-order valence-electron chi connectivity index (χ2n) is 6.86. The van der Waals surface area contributed by atoms with Gasteiger partial charge in [-0.2, -0.15) is 0 Å². The molecule has 3 rings (SSSR count). The predicted molar refractivity (Wildman–Crippen MR) is 82.9 cm³/mol. The van der Waals surface area contributed by atoms with Gasteiger partial charge in [0.25, 0.3) is 0 Å². The maximum atomic E-state index is 10.7. The van der Waals surface area contributed by atoms with Gasteiger partial charge in [-0.3, -0.25) is 0 Å². The summed E-state index contributed by atoms with van der Waals surface area (Å²) in [5.41, 5.74) is 2.18. The fourth-order valence-electron chi connectivity index (χ4n) is 3.31. The largest absolute Gasteiger partial charge is 1.00 e. The van der Waals surface area contributed by atoms with Crippen LogP contribution in [0.3, 0.4) is 0 Å². The number of hydrogen-bond acceptors (Lipinski definition) is 5. The van der Waals surface area contributed by atoms with Crippen LogP contribution in [0.2, 0.25) is 0 Å². The molecule has 0 amide bonds. The van der Waals surface area contributed by atoms with Crippen LogP contribution in [0, 0.1) is 11.8 Å². The Morgan fingerprint density at radius 1 is 1.04 bits per heavy atom. The van der Waals surface area contributed by atoms with Crippen molar-refractivity contribution in [2.45, 2.75) is 51.4 Å². The van der Waals surface area contributed by atoms with Gasteiger partial charge in [0.05, 0.1) is 7.82 Å². The van der Waals surface area contributed by atoms with Crippen molar-refractivity contribution in [1.82, 2.24) is 0 Å². The Morgan fingerprint density at radius 2 is 1.48 bits per heavy atom. The Labute approximate surface area is 194 Å². The molecular weight excluding hydrogens is 361 g/mol. The van der Waals surface area contributed by atoms with E-state index in [2.05, 4.69) is 18.4 Å². The first-order valence-corrected chi connectivity index (χ1v) is 9.75. The van der Waals surface area contributed by atoms with Crippen molar-refractivity contribution in [3.63, 3.8) is 0 Å². The second kappa shape index (κ2) is 10.1. The summed E-state index contributed by atoms with van der Waals surface area (Å²) in [4.78, 5) is 21.3. The molecule has 128 valence electrons. The summed E-state index contributed by atoms with van der Waals surface area (Å²) in [6, 6.07) is 6.12. The maximum Gasteiger partial charge on any atom is 1.00 e. The zero-order valence-electron chi connectivity index (χ0n) is 15.6. The van der Waals surface area contributed by atoms with E-state index in [0.29, 0.717) is 29.4 Å². The Kier molecular flexibility index (Phi) is 9.73. The van der Waals surface area contributed by atoms with Gasteiger partial charge in [0.1, 0.15) is 5.75 Å². The smallest absolute Gasteiger partial charge is 0.790 e. The van der Waals surface area contributed by atoms with Gasteiger partial charge in [-0.25, -0.2) is 0 Å². The molecule has 0 saturated heterocycles. The summed E-state index contributed by atoms with van der Waals surface area (Å²) in [5, 5.41) is 0. The van der Waals surface area contributed by atoms with Gasteiger partial charge in [-0.05, 0) is 60.5 Å². The standard InChI is InChI=1S/C17H25O5P.2Na/c1-11(13-6-7-13)15-4-3-5-16(12(2)14-8-9-14)17(15)21-10-22-23(18,19)20;;/h3-5,11-14H,6-10H2,1-2H3,(H2,18,19,20);;/q;2*+1/p-2/t11-,12-;;/m1../s1. The Bertz CT molecular complexity index is 577. The number of para-hydroxylation sites is 1. The van der Waals surface area contributed by atoms with E-state index in [1.807, 2.05) is 18.2 Å². The predicted octanol–water partition coefficient (Wildman–Crippen LogP) is -3.10. The van der Waals surface area contributed by atoms with Crippen molar-refractivity contribution in [3.8, 4) is 5.75 Å². The van der Waals surface area contributed by atoms with Crippen molar-refractivity contribution in [1.29, 1.82) is 0 Å². The summed E-state index contributed by atoms with van der Waals surface area (Å²) in [7, 11) is -5.02. The first-order valence-electron chi connectivity index (χ1n) is 8.29. The van der Waals surface area contributed by atoms with E-state index in [1.165, 1.54) is 25.7 Å². The molecule has 2 saturated carbocycles. The topological polar surface area (TPSA) is 81.7 Å². The van der Waals surface area contributed by atoms with Gasteiger partial charge < -0.3 is 23.6 Å². The van der Waals surface area contributed by atoms with Crippen LogP contribution in [0.5, 0.6) is 5.75 Å². The minimum atomic E-state index is -5.02. The third-order valence-corrected chi connectivity index (χ3v) is 5.55. The molecule has 0 heterocycles. The number of phosphoric acid groups is 1.